The smallest absolute Gasteiger partial charge is 0.251 e. The molecule has 0 aliphatic carbocycles. The first-order chi connectivity index (χ1) is 12.3. The lowest BCUT2D eigenvalue weighted by molar-refractivity contribution is 0.0951. The maximum atomic E-state index is 12.4. The molecule has 1 amide bonds. The zero-order chi connectivity index (χ0) is 19.2. The molecular weight excluding hydrogens is 326 g/mol. The van der Waals surface area contributed by atoms with E-state index in [9.17, 15) is 4.79 Å². The Kier molecular flexibility index (Phi) is 6.67. The number of hydrogen-bond donors (Lipinski definition) is 1. The Bertz CT molecular complexity index is 730. The van der Waals surface area contributed by atoms with Gasteiger partial charge in [-0.25, -0.2) is 0 Å². The molecule has 0 fully saturated rings. The first-order valence-corrected chi connectivity index (χ1v) is 9.12. The van der Waals surface area contributed by atoms with Crippen molar-refractivity contribution >= 4 is 5.91 Å². The van der Waals surface area contributed by atoms with Crippen LogP contribution in [0.2, 0.25) is 0 Å². The van der Waals surface area contributed by atoms with Gasteiger partial charge in [0.1, 0.15) is 0 Å². The van der Waals surface area contributed by atoms with Crippen LogP contribution in [0.4, 0.5) is 0 Å². The van der Waals surface area contributed by atoms with Crippen LogP contribution in [0.25, 0.3) is 0 Å². The predicted molar refractivity (Wildman–Crippen MR) is 105 cm³/mol. The minimum atomic E-state index is -0.0858. The van der Waals surface area contributed by atoms with Crippen molar-refractivity contribution in [3.63, 3.8) is 0 Å². The van der Waals surface area contributed by atoms with Crippen LogP contribution in [0.5, 0.6) is 11.5 Å². The molecule has 1 N–H and O–H groups in total. The fourth-order valence-electron chi connectivity index (χ4n) is 2.61. The third-order valence-electron chi connectivity index (χ3n) is 4.07. The largest absolute Gasteiger partial charge is 0.490 e. The Morgan fingerprint density at radius 2 is 1.54 bits per heavy atom. The van der Waals surface area contributed by atoms with E-state index in [1.54, 1.807) is 0 Å². The van der Waals surface area contributed by atoms with Crippen molar-refractivity contribution in [2.45, 2.75) is 46.6 Å². The van der Waals surface area contributed by atoms with E-state index in [0.29, 0.717) is 31.1 Å². The Balaban J connectivity index is 2.03. The van der Waals surface area contributed by atoms with Crippen molar-refractivity contribution in [2.75, 3.05) is 13.2 Å². The minimum Gasteiger partial charge on any atom is -0.490 e. The van der Waals surface area contributed by atoms with Crippen LogP contribution in [0.3, 0.4) is 0 Å². The van der Waals surface area contributed by atoms with E-state index >= 15 is 0 Å². The van der Waals surface area contributed by atoms with Gasteiger partial charge in [0.25, 0.3) is 5.91 Å². The molecule has 0 aliphatic rings. The van der Waals surface area contributed by atoms with Crippen LogP contribution in [0.15, 0.2) is 42.5 Å². The highest BCUT2D eigenvalue weighted by Crippen LogP contribution is 2.28. The molecular formula is C22H29NO3. The summed E-state index contributed by atoms with van der Waals surface area (Å²) in [6.45, 7) is 11.9. The van der Waals surface area contributed by atoms with E-state index in [1.165, 1.54) is 5.56 Å². The molecule has 0 saturated carbocycles. The minimum absolute atomic E-state index is 0.0764. The van der Waals surface area contributed by atoms with Gasteiger partial charge in [-0.05, 0) is 54.7 Å². The van der Waals surface area contributed by atoms with E-state index in [0.717, 1.165) is 11.3 Å². The quantitative estimate of drug-likeness (QED) is 0.782. The molecule has 0 spiro atoms. The lowest BCUT2D eigenvalue weighted by atomic mass is 9.87. The van der Waals surface area contributed by atoms with Crippen LogP contribution in [-0.2, 0) is 12.0 Å². The molecule has 0 aromatic heterocycles. The van der Waals surface area contributed by atoms with Gasteiger partial charge in [-0.2, -0.15) is 0 Å². The summed E-state index contributed by atoms with van der Waals surface area (Å²) in [6, 6.07) is 13.5. The van der Waals surface area contributed by atoms with Gasteiger partial charge < -0.3 is 14.8 Å². The van der Waals surface area contributed by atoms with Crippen molar-refractivity contribution in [1.82, 2.24) is 5.32 Å². The van der Waals surface area contributed by atoms with Crippen molar-refractivity contribution in [2.24, 2.45) is 0 Å². The van der Waals surface area contributed by atoms with Gasteiger partial charge in [0, 0.05) is 12.1 Å². The van der Waals surface area contributed by atoms with E-state index in [4.69, 9.17) is 9.47 Å². The average Bonchev–Trinajstić information content (AvgIpc) is 2.61. The summed E-state index contributed by atoms with van der Waals surface area (Å²) in [5.74, 6) is 1.34. The highest BCUT2D eigenvalue weighted by molar-refractivity contribution is 5.94. The number of rotatable bonds is 7. The summed E-state index contributed by atoms with van der Waals surface area (Å²) in [6.07, 6.45) is 0. The zero-order valence-corrected chi connectivity index (χ0v) is 16.4. The Hall–Kier alpha value is -2.49. The molecule has 140 valence electrons. The molecule has 0 heterocycles. The van der Waals surface area contributed by atoms with E-state index in [1.807, 2.05) is 56.3 Å². The number of nitrogens with one attached hydrogen (secondary N) is 1. The molecule has 2 aromatic carbocycles. The van der Waals surface area contributed by atoms with Crippen LogP contribution < -0.4 is 14.8 Å². The molecule has 4 nitrogen and oxygen atoms in total. The Labute approximate surface area is 156 Å². The molecule has 0 saturated heterocycles. The molecule has 0 atom stereocenters. The van der Waals surface area contributed by atoms with E-state index in [2.05, 4.69) is 26.1 Å². The van der Waals surface area contributed by atoms with Gasteiger partial charge in [-0.15, -0.1) is 0 Å². The normalized spacial score (nSPS) is 11.1. The zero-order valence-electron chi connectivity index (χ0n) is 16.4. The van der Waals surface area contributed by atoms with Gasteiger partial charge in [-0.3, -0.25) is 4.79 Å². The maximum Gasteiger partial charge on any atom is 0.251 e. The molecule has 0 aliphatic heterocycles. The molecule has 26 heavy (non-hydrogen) atoms. The maximum absolute atomic E-state index is 12.4. The SMILES string of the molecule is CCOc1ccc(CNC(=O)c2ccc(C(C)(C)C)cc2)cc1OCC. The lowest BCUT2D eigenvalue weighted by Gasteiger charge is -2.19. The van der Waals surface area contributed by atoms with Crippen molar-refractivity contribution in [3.8, 4) is 11.5 Å². The number of benzene rings is 2. The fraction of sp³-hybridized carbons (Fsp3) is 0.409. The van der Waals surface area contributed by atoms with Crippen LogP contribution in [0, 0.1) is 0 Å². The Morgan fingerprint density at radius 1 is 0.923 bits per heavy atom. The molecule has 0 radical (unpaired) electrons. The molecule has 0 bridgehead atoms. The second-order valence-corrected chi connectivity index (χ2v) is 7.16. The Morgan fingerprint density at radius 3 is 2.12 bits per heavy atom. The summed E-state index contributed by atoms with van der Waals surface area (Å²) < 4.78 is 11.2. The number of carbonyl (C=O) groups is 1. The first-order valence-electron chi connectivity index (χ1n) is 9.12. The second kappa shape index (κ2) is 8.75. The van der Waals surface area contributed by atoms with Crippen LogP contribution in [0.1, 0.15) is 56.1 Å². The monoisotopic (exact) mass is 355 g/mol. The summed E-state index contributed by atoms with van der Waals surface area (Å²) in [7, 11) is 0. The van der Waals surface area contributed by atoms with Crippen LogP contribution in [-0.4, -0.2) is 19.1 Å². The average molecular weight is 355 g/mol. The molecule has 2 aromatic rings. The van der Waals surface area contributed by atoms with E-state index in [-0.39, 0.29) is 11.3 Å². The summed E-state index contributed by atoms with van der Waals surface area (Å²) >= 11 is 0. The van der Waals surface area contributed by atoms with Gasteiger partial charge in [0.05, 0.1) is 13.2 Å². The predicted octanol–water partition coefficient (Wildman–Crippen LogP) is 4.71. The number of ether oxygens (including phenoxy) is 2. The summed E-state index contributed by atoms with van der Waals surface area (Å²) in [4.78, 5) is 12.4. The highest BCUT2D eigenvalue weighted by Gasteiger charge is 2.14. The standard InChI is InChI=1S/C22H29NO3/c1-6-25-19-13-8-16(14-20(19)26-7-2)15-23-21(24)17-9-11-18(12-10-17)22(3,4)5/h8-14H,6-7,15H2,1-5H3,(H,23,24). The molecule has 0 unspecified atom stereocenters. The van der Waals surface area contributed by atoms with Crippen molar-refractivity contribution in [1.29, 1.82) is 0 Å². The van der Waals surface area contributed by atoms with Crippen molar-refractivity contribution in [3.05, 3.63) is 59.2 Å². The number of amides is 1. The highest BCUT2D eigenvalue weighted by atomic mass is 16.5. The summed E-state index contributed by atoms with van der Waals surface area (Å²) in [5.41, 5.74) is 2.92. The lowest BCUT2D eigenvalue weighted by Crippen LogP contribution is -2.23. The first kappa shape index (κ1) is 19.8. The third kappa shape index (κ3) is 5.25. The third-order valence-corrected chi connectivity index (χ3v) is 4.07. The summed E-state index contributed by atoms with van der Waals surface area (Å²) in [5, 5.41) is 2.96. The number of hydrogen-bond acceptors (Lipinski definition) is 3. The number of carbonyl (C=O) groups excluding carboxylic acids is 1. The van der Waals surface area contributed by atoms with Gasteiger partial charge in [0.2, 0.25) is 0 Å². The van der Waals surface area contributed by atoms with Gasteiger partial charge in [0.15, 0.2) is 11.5 Å². The van der Waals surface area contributed by atoms with Crippen molar-refractivity contribution < 1.29 is 14.3 Å². The molecule has 4 heteroatoms. The fourth-order valence-corrected chi connectivity index (χ4v) is 2.61. The van der Waals surface area contributed by atoms with Crippen LogP contribution >= 0.6 is 0 Å². The van der Waals surface area contributed by atoms with Gasteiger partial charge >= 0.3 is 0 Å². The van der Waals surface area contributed by atoms with E-state index < -0.39 is 0 Å². The molecule has 2 rings (SSSR count). The second-order valence-electron chi connectivity index (χ2n) is 7.16. The van der Waals surface area contributed by atoms with Gasteiger partial charge in [-0.1, -0.05) is 39.0 Å². The topological polar surface area (TPSA) is 47.6 Å².